The summed E-state index contributed by atoms with van der Waals surface area (Å²) < 4.78 is 5.96. The minimum Gasteiger partial charge on any atom is -0.459 e. The summed E-state index contributed by atoms with van der Waals surface area (Å²) in [6.07, 6.45) is 4.46. The Bertz CT molecular complexity index is 961. The second kappa shape index (κ2) is 9.96. The Morgan fingerprint density at radius 2 is 1.86 bits per heavy atom. The quantitative estimate of drug-likeness (QED) is 0.309. The highest BCUT2D eigenvalue weighted by atomic mass is 127. The maximum Gasteiger partial charge on any atom is 0.191 e. The van der Waals surface area contributed by atoms with Gasteiger partial charge in [-0.2, -0.15) is 0 Å². The van der Waals surface area contributed by atoms with Gasteiger partial charge in [0.2, 0.25) is 0 Å². The molecule has 0 saturated carbocycles. The van der Waals surface area contributed by atoms with Crippen LogP contribution in [-0.2, 0) is 13.1 Å². The van der Waals surface area contributed by atoms with Gasteiger partial charge in [-0.15, -0.1) is 24.0 Å². The first-order valence-electron chi connectivity index (χ1n) is 9.86. The monoisotopic (exact) mass is 505 g/mol. The number of aryl methyl sites for hydroxylation is 1. The normalized spacial score (nSPS) is 14.1. The molecule has 3 heterocycles. The molecule has 2 N–H and O–H groups in total. The van der Waals surface area contributed by atoms with Gasteiger partial charge in [-0.25, -0.2) is 4.98 Å². The van der Waals surface area contributed by atoms with E-state index in [2.05, 4.69) is 50.6 Å². The van der Waals surface area contributed by atoms with Crippen LogP contribution in [0.2, 0.25) is 0 Å². The van der Waals surface area contributed by atoms with E-state index >= 15 is 0 Å². The van der Waals surface area contributed by atoms with Gasteiger partial charge in [-0.1, -0.05) is 24.3 Å². The van der Waals surface area contributed by atoms with Crippen LogP contribution >= 0.6 is 24.0 Å². The fourth-order valence-corrected chi connectivity index (χ4v) is 3.62. The van der Waals surface area contributed by atoms with E-state index in [1.165, 1.54) is 18.4 Å². The molecular formula is C22H28IN5O. The molecule has 1 aliphatic heterocycles. The Labute approximate surface area is 188 Å². The first kappa shape index (κ1) is 21.4. The lowest BCUT2D eigenvalue weighted by Crippen LogP contribution is -2.36. The number of hydrogen-bond donors (Lipinski definition) is 2. The number of aromatic nitrogens is 1. The number of pyridine rings is 1. The fraction of sp³-hybridized carbons (Fsp3) is 0.364. The van der Waals surface area contributed by atoms with E-state index in [-0.39, 0.29) is 24.0 Å². The number of aliphatic imine (C=N–C) groups is 1. The third-order valence-corrected chi connectivity index (χ3v) is 5.28. The summed E-state index contributed by atoms with van der Waals surface area (Å²) in [5.41, 5.74) is 3.22. The molecule has 7 heteroatoms. The van der Waals surface area contributed by atoms with Crippen LogP contribution in [0.25, 0.3) is 11.0 Å². The van der Waals surface area contributed by atoms with Crippen molar-refractivity contribution in [2.45, 2.75) is 32.9 Å². The fourth-order valence-electron chi connectivity index (χ4n) is 3.62. The summed E-state index contributed by atoms with van der Waals surface area (Å²) >= 11 is 0. The number of furan rings is 1. The number of hydrogen-bond acceptors (Lipinski definition) is 4. The maximum atomic E-state index is 5.96. The van der Waals surface area contributed by atoms with Gasteiger partial charge in [-0.05, 0) is 37.5 Å². The predicted octanol–water partition coefficient (Wildman–Crippen LogP) is 4.22. The van der Waals surface area contributed by atoms with Crippen molar-refractivity contribution in [3.63, 3.8) is 0 Å². The van der Waals surface area contributed by atoms with E-state index in [0.717, 1.165) is 47.2 Å². The molecule has 6 nitrogen and oxygen atoms in total. The van der Waals surface area contributed by atoms with E-state index in [4.69, 9.17) is 4.42 Å². The van der Waals surface area contributed by atoms with Crippen LogP contribution in [0.4, 0.5) is 5.82 Å². The number of benzene rings is 1. The zero-order valence-corrected chi connectivity index (χ0v) is 19.3. The zero-order chi connectivity index (χ0) is 19.3. The summed E-state index contributed by atoms with van der Waals surface area (Å²) in [7, 11) is 1.77. The molecule has 0 aliphatic carbocycles. The minimum absolute atomic E-state index is 0. The van der Waals surface area contributed by atoms with E-state index in [1.54, 1.807) is 7.05 Å². The standard InChI is InChI=1S/C22H27N5O.HI/c1-16-18-7-3-4-8-19(18)28-20(16)15-26-22(23-2)25-14-17-9-10-21(24-13-17)27-11-5-6-12-27;/h3-4,7-10,13H,5-6,11-12,14-15H2,1-2H3,(H2,23,25,26);1H. The van der Waals surface area contributed by atoms with E-state index < -0.39 is 0 Å². The van der Waals surface area contributed by atoms with Crippen molar-refractivity contribution >= 4 is 46.7 Å². The molecule has 0 spiro atoms. The number of anilines is 1. The van der Waals surface area contributed by atoms with Crippen LogP contribution < -0.4 is 15.5 Å². The highest BCUT2D eigenvalue weighted by Crippen LogP contribution is 2.24. The Kier molecular flexibility index (Phi) is 7.35. The zero-order valence-electron chi connectivity index (χ0n) is 16.9. The molecule has 0 bridgehead atoms. The highest BCUT2D eigenvalue weighted by molar-refractivity contribution is 14.0. The summed E-state index contributed by atoms with van der Waals surface area (Å²) in [5.74, 6) is 2.74. The van der Waals surface area contributed by atoms with Crippen molar-refractivity contribution < 1.29 is 4.42 Å². The summed E-state index contributed by atoms with van der Waals surface area (Å²) in [4.78, 5) is 11.3. The average Bonchev–Trinajstić information content (AvgIpc) is 3.38. The van der Waals surface area contributed by atoms with Gasteiger partial charge >= 0.3 is 0 Å². The van der Waals surface area contributed by atoms with Crippen LogP contribution in [0, 0.1) is 6.92 Å². The highest BCUT2D eigenvalue weighted by Gasteiger charge is 2.13. The summed E-state index contributed by atoms with van der Waals surface area (Å²) in [5, 5.41) is 7.83. The van der Waals surface area contributed by atoms with Crippen LogP contribution in [0.3, 0.4) is 0 Å². The molecule has 0 unspecified atom stereocenters. The van der Waals surface area contributed by atoms with Crippen LogP contribution in [0.15, 0.2) is 52.0 Å². The lowest BCUT2D eigenvalue weighted by Gasteiger charge is -2.16. The van der Waals surface area contributed by atoms with Gasteiger partial charge in [0.15, 0.2) is 5.96 Å². The first-order chi connectivity index (χ1) is 13.7. The number of nitrogens with one attached hydrogen (secondary N) is 2. The first-order valence-corrected chi connectivity index (χ1v) is 9.86. The molecule has 0 amide bonds. The predicted molar refractivity (Wildman–Crippen MR) is 129 cm³/mol. The second-order valence-corrected chi connectivity index (χ2v) is 7.14. The van der Waals surface area contributed by atoms with Crippen LogP contribution in [0.1, 0.15) is 29.7 Å². The largest absolute Gasteiger partial charge is 0.459 e. The lowest BCUT2D eigenvalue weighted by molar-refractivity contribution is 0.534. The number of para-hydroxylation sites is 1. The number of nitrogens with zero attached hydrogens (tertiary/aromatic N) is 3. The molecule has 4 rings (SSSR count). The molecule has 0 atom stereocenters. The average molecular weight is 505 g/mol. The van der Waals surface area contributed by atoms with Gasteiger partial charge < -0.3 is 20.0 Å². The van der Waals surface area contributed by atoms with Gasteiger partial charge in [0.1, 0.15) is 17.2 Å². The summed E-state index contributed by atoms with van der Waals surface area (Å²) in [6, 6.07) is 12.3. The topological polar surface area (TPSA) is 65.7 Å². The van der Waals surface area contributed by atoms with Gasteiger partial charge in [-0.3, -0.25) is 4.99 Å². The van der Waals surface area contributed by atoms with Crippen LogP contribution in [-0.4, -0.2) is 31.1 Å². The Balaban J connectivity index is 0.00000240. The number of fused-ring (bicyclic) bond motifs is 1. The maximum absolute atomic E-state index is 5.96. The third-order valence-electron chi connectivity index (χ3n) is 5.28. The number of rotatable bonds is 5. The van der Waals surface area contributed by atoms with Crippen molar-refractivity contribution in [2.24, 2.45) is 4.99 Å². The van der Waals surface area contributed by atoms with Crippen molar-refractivity contribution in [1.82, 2.24) is 15.6 Å². The molecule has 1 fully saturated rings. The Morgan fingerprint density at radius 3 is 2.55 bits per heavy atom. The molecule has 2 aromatic heterocycles. The molecule has 154 valence electrons. The SMILES string of the molecule is CN=C(NCc1ccc(N2CCCC2)nc1)NCc1oc2ccccc2c1C.I. The Morgan fingerprint density at radius 1 is 1.10 bits per heavy atom. The number of halogens is 1. The van der Waals surface area contributed by atoms with Gasteiger partial charge in [0.05, 0.1) is 6.54 Å². The van der Waals surface area contributed by atoms with E-state index in [9.17, 15) is 0 Å². The molecular weight excluding hydrogens is 477 g/mol. The molecule has 1 aliphatic rings. The van der Waals surface area contributed by atoms with Crippen molar-refractivity contribution in [3.05, 3.63) is 59.5 Å². The molecule has 0 radical (unpaired) electrons. The molecule has 1 aromatic carbocycles. The van der Waals surface area contributed by atoms with E-state index in [0.29, 0.717) is 13.1 Å². The van der Waals surface area contributed by atoms with Crippen molar-refractivity contribution in [3.8, 4) is 0 Å². The Hall–Kier alpha value is -2.29. The minimum atomic E-state index is 0. The third kappa shape index (κ3) is 5.01. The molecule has 29 heavy (non-hydrogen) atoms. The number of guanidine groups is 1. The van der Waals surface area contributed by atoms with Crippen molar-refractivity contribution in [2.75, 3.05) is 25.0 Å². The van der Waals surface area contributed by atoms with Crippen LogP contribution in [0.5, 0.6) is 0 Å². The van der Waals surface area contributed by atoms with Gasteiger partial charge in [0, 0.05) is 43.8 Å². The van der Waals surface area contributed by atoms with Crippen molar-refractivity contribution in [1.29, 1.82) is 0 Å². The smallest absolute Gasteiger partial charge is 0.191 e. The van der Waals surface area contributed by atoms with Gasteiger partial charge in [0.25, 0.3) is 0 Å². The molecule has 1 saturated heterocycles. The lowest BCUT2D eigenvalue weighted by atomic mass is 10.1. The van der Waals surface area contributed by atoms with E-state index in [1.807, 2.05) is 24.4 Å². The second-order valence-electron chi connectivity index (χ2n) is 7.14. The summed E-state index contributed by atoms with van der Waals surface area (Å²) in [6.45, 7) is 5.58. The molecule has 3 aromatic rings.